The summed E-state index contributed by atoms with van der Waals surface area (Å²) in [5.74, 6) is -2.26. The first-order valence-electron chi connectivity index (χ1n) is 9.97. The first-order valence-corrected chi connectivity index (χ1v) is 11.8. The Labute approximate surface area is 186 Å². The molecule has 0 spiro atoms. The van der Waals surface area contributed by atoms with Gasteiger partial charge in [-0.05, 0) is 48.9 Å². The summed E-state index contributed by atoms with van der Waals surface area (Å²) in [6.45, 7) is 2.29. The fraction of sp³-hybridized carbons (Fsp3) is 0.318. The molecule has 1 heterocycles. The maximum absolute atomic E-state index is 12.6. The number of fused-ring (bicyclic) bond motifs is 1. The molecule has 10 heteroatoms. The first-order chi connectivity index (χ1) is 15.2. The molecule has 0 saturated heterocycles. The average molecular weight is 461 g/mol. The number of carbonyl (C=O) groups excluding carboxylic acids is 3. The Morgan fingerprint density at radius 3 is 2.50 bits per heavy atom. The largest absolute Gasteiger partial charge is 0.497 e. The van der Waals surface area contributed by atoms with Crippen molar-refractivity contribution in [2.24, 2.45) is 0 Å². The van der Waals surface area contributed by atoms with Crippen LogP contribution in [0, 0.1) is 0 Å². The highest BCUT2D eigenvalue weighted by atomic mass is 32.2. The van der Waals surface area contributed by atoms with E-state index in [1.807, 2.05) is 6.92 Å². The van der Waals surface area contributed by atoms with Gasteiger partial charge in [0.15, 0.2) is 22.2 Å². The van der Waals surface area contributed by atoms with Gasteiger partial charge in [0, 0.05) is 17.8 Å². The van der Waals surface area contributed by atoms with Gasteiger partial charge in [-0.15, -0.1) is 0 Å². The summed E-state index contributed by atoms with van der Waals surface area (Å²) in [6.07, 6.45) is 0.709. The zero-order valence-corrected chi connectivity index (χ0v) is 18.6. The number of sulfone groups is 1. The average Bonchev–Trinajstić information content (AvgIpc) is 2.75. The highest BCUT2D eigenvalue weighted by molar-refractivity contribution is 7.92. The van der Waals surface area contributed by atoms with E-state index in [4.69, 9.17) is 9.47 Å². The van der Waals surface area contributed by atoms with Gasteiger partial charge in [-0.25, -0.2) is 8.42 Å². The molecule has 2 aromatic rings. The van der Waals surface area contributed by atoms with Crippen LogP contribution < -0.4 is 19.7 Å². The number of benzene rings is 2. The van der Waals surface area contributed by atoms with E-state index in [0.717, 1.165) is 0 Å². The smallest absolute Gasteiger partial charge is 0.265 e. The Morgan fingerprint density at radius 2 is 1.84 bits per heavy atom. The quantitative estimate of drug-likeness (QED) is 0.569. The topological polar surface area (TPSA) is 119 Å². The summed E-state index contributed by atoms with van der Waals surface area (Å²) >= 11 is 0. The Bertz CT molecular complexity index is 1130. The van der Waals surface area contributed by atoms with Crippen molar-refractivity contribution in [3.63, 3.8) is 0 Å². The molecule has 0 atom stereocenters. The number of nitrogens with zero attached hydrogens (tertiary/aromatic N) is 1. The summed E-state index contributed by atoms with van der Waals surface area (Å²) < 4.78 is 35.3. The number of nitrogens with one attached hydrogen (secondary N) is 1. The van der Waals surface area contributed by atoms with Crippen molar-refractivity contribution < 1.29 is 32.3 Å². The molecule has 0 aliphatic carbocycles. The number of carbonyl (C=O) groups is 3. The third kappa shape index (κ3) is 5.64. The van der Waals surface area contributed by atoms with Gasteiger partial charge < -0.3 is 19.7 Å². The molecule has 1 aliphatic heterocycles. The highest BCUT2D eigenvalue weighted by Crippen LogP contribution is 2.33. The minimum atomic E-state index is -4.01. The molecule has 9 nitrogen and oxygen atoms in total. The molecule has 2 aromatic carbocycles. The van der Waals surface area contributed by atoms with Gasteiger partial charge in [-0.2, -0.15) is 0 Å². The summed E-state index contributed by atoms with van der Waals surface area (Å²) in [6, 6.07) is 10.9. The monoisotopic (exact) mass is 460 g/mol. The first kappa shape index (κ1) is 23.3. The van der Waals surface area contributed by atoms with E-state index >= 15 is 0 Å². The lowest BCUT2D eigenvalue weighted by atomic mass is 10.1. The molecule has 0 aromatic heterocycles. The number of Topliss-reactive ketones (excluding diaryl/α,β-unsaturated/α-hetero) is 1. The van der Waals surface area contributed by atoms with E-state index in [0.29, 0.717) is 35.8 Å². The molecule has 0 saturated carbocycles. The second kappa shape index (κ2) is 9.82. The molecule has 32 heavy (non-hydrogen) atoms. The minimum Gasteiger partial charge on any atom is -0.497 e. The van der Waals surface area contributed by atoms with E-state index in [2.05, 4.69) is 5.32 Å². The van der Waals surface area contributed by atoms with Gasteiger partial charge in [-0.1, -0.05) is 6.92 Å². The van der Waals surface area contributed by atoms with E-state index < -0.39 is 33.0 Å². The predicted molar refractivity (Wildman–Crippen MR) is 119 cm³/mol. The van der Waals surface area contributed by atoms with Crippen LogP contribution in [0.4, 0.5) is 11.4 Å². The molecule has 0 fully saturated rings. The zero-order valence-electron chi connectivity index (χ0n) is 17.8. The van der Waals surface area contributed by atoms with Gasteiger partial charge in [0.05, 0.1) is 12.8 Å². The number of rotatable bonds is 9. The van der Waals surface area contributed by atoms with Gasteiger partial charge >= 0.3 is 0 Å². The zero-order chi connectivity index (χ0) is 23.3. The SMILES string of the molecule is CCCN1C(=O)COc2ccc(C(=O)CS(=O)(=O)CC(=O)Nc3ccc(OC)cc3)cc21. The fourth-order valence-electron chi connectivity index (χ4n) is 3.25. The Morgan fingerprint density at radius 1 is 1.12 bits per heavy atom. The van der Waals surface area contributed by atoms with E-state index in [-0.39, 0.29) is 18.1 Å². The minimum absolute atomic E-state index is 0.0853. The fourth-order valence-corrected chi connectivity index (χ4v) is 4.39. The number of ketones is 1. The van der Waals surface area contributed by atoms with E-state index in [1.165, 1.54) is 24.1 Å². The molecule has 0 radical (unpaired) electrons. The van der Waals surface area contributed by atoms with Crippen molar-refractivity contribution in [1.82, 2.24) is 0 Å². The molecule has 0 unspecified atom stereocenters. The van der Waals surface area contributed by atoms with Crippen LogP contribution in [-0.2, 0) is 19.4 Å². The Kier molecular flexibility index (Phi) is 7.14. The second-order valence-corrected chi connectivity index (χ2v) is 9.31. The van der Waals surface area contributed by atoms with Gasteiger partial charge in [0.2, 0.25) is 5.91 Å². The van der Waals surface area contributed by atoms with Crippen molar-refractivity contribution in [3.8, 4) is 11.5 Å². The summed E-state index contributed by atoms with van der Waals surface area (Å²) in [7, 11) is -2.51. The lowest BCUT2D eigenvalue weighted by molar-refractivity contribution is -0.121. The summed E-state index contributed by atoms with van der Waals surface area (Å²) in [4.78, 5) is 38.4. The molecule has 1 aliphatic rings. The van der Waals surface area contributed by atoms with Crippen LogP contribution in [0.15, 0.2) is 42.5 Å². The molecule has 3 rings (SSSR count). The van der Waals surface area contributed by atoms with Crippen molar-refractivity contribution in [2.75, 3.05) is 42.0 Å². The maximum Gasteiger partial charge on any atom is 0.265 e. The van der Waals surface area contributed by atoms with Crippen LogP contribution in [0.2, 0.25) is 0 Å². The van der Waals surface area contributed by atoms with E-state index in [9.17, 15) is 22.8 Å². The number of hydrogen-bond donors (Lipinski definition) is 1. The van der Waals surface area contributed by atoms with Crippen molar-refractivity contribution in [2.45, 2.75) is 13.3 Å². The van der Waals surface area contributed by atoms with Gasteiger partial charge in [0.1, 0.15) is 23.0 Å². The van der Waals surface area contributed by atoms with Crippen LogP contribution in [0.3, 0.4) is 0 Å². The molecule has 1 N–H and O–H groups in total. The molecule has 2 amide bonds. The van der Waals surface area contributed by atoms with Crippen LogP contribution in [0.5, 0.6) is 11.5 Å². The normalized spacial score (nSPS) is 13.2. The van der Waals surface area contributed by atoms with Crippen molar-refractivity contribution in [1.29, 1.82) is 0 Å². The molecule has 170 valence electrons. The third-order valence-electron chi connectivity index (χ3n) is 4.75. The standard InChI is InChI=1S/C22H24N2O7S/c1-3-10-24-18-11-15(4-9-20(18)31-12-22(24)27)19(25)13-32(28,29)14-21(26)23-16-5-7-17(30-2)8-6-16/h4-9,11H,3,10,12-14H2,1-2H3,(H,23,26). The lowest BCUT2D eigenvalue weighted by Crippen LogP contribution is -2.39. The molecule has 0 bridgehead atoms. The molecular formula is C22H24N2O7S. The van der Waals surface area contributed by atoms with Crippen LogP contribution in [0.1, 0.15) is 23.7 Å². The third-order valence-corrected chi connectivity index (χ3v) is 6.15. The van der Waals surface area contributed by atoms with Crippen LogP contribution >= 0.6 is 0 Å². The number of anilines is 2. The van der Waals surface area contributed by atoms with Crippen molar-refractivity contribution >= 4 is 38.8 Å². The Balaban J connectivity index is 1.67. The lowest BCUT2D eigenvalue weighted by Gasteiger charge is -2.29. The summed E-state index contributed by atoms with van der Waals surface area (Å²) in [5, 5.41) is 2.48. The number of ether oxygens (including phenoxy) is 2. The van der Waals surface area contributed by atoms with Crippen LogP contribution in [0.25, 0.3) is 0 Å². The van der Waals surface area contributed by atoms with Crippen LogP contribution in [-0.4, -0.2) is 57.8 Å². The second-order valence-electron chi connectivity index (χ2n) is 7.25. The van der Waals surface area contributed by atoms with E-state index in [1.54, 1.807) is 30.3 Å². The predicted octanol–water partition coefficient (Wildman–Crippen LogP) is 2.07. The van der Waals surface area contributed by atoms with Gasteiger partial charge in [0.25, 0.3) is 5.91 Å². The maximum atomic E-state index is 12.6. The van der Waals surface area contributed by atoms with Crippen molar-refractivity contribution in [3.05, 3.63) is 48.0 Å². The number of methoxy groups -OCH3 is 1. The number of amides is 2. The Hall–Kier alpha value is -3.40. The highest BCUT2D eigenvalue weighted by Gasteiger charge is 2.27. The van der Waals surface area contributed by atoms with Gasteiger partial charge in [-0.3, -0.25) is 14.4 Å². The number of hydrogen-bond acceptors (Lipinski definition) is 7. The summed E-state index contributed by atoms with van der Waals surface area (Å²) in [5.41, 5.74) is 0.971. The molecular weight excluding hydrogens is 436 g/mol.